The SMILES string of the molecule is CCCO[C@H]1OC(COP(=O)([O-])O[C@H]2OC(CO[Si](C)(C)C(C)(C)C)[C@@H](OC(C)=O)[C@H](OC(C)=O)C2N=[N+]=[N-])[C@@H](OC(C)=O)[C@H](OC(C)=O)C1N=[N+]=[N-]. The molecule has 2 fully saturated rings. The van der Waals surface area contributed by atoms with Crippen LogP contribution in [-0.2, 0) is 70.4 Å². The average molecular weight is 796 g/mol. The largest absolute Gasteiger partial charge is 0.756 e. The van der Waals surface area contributed by atoms with Gasteiger partial charge in [0.15, 0.2) is 45.3 Å². The second-order valence-electron chi connectivity index (χ2n) is 13.6. The Kier molecular flexibility index (Phi) is 17.1. The lowest BCUT2D eigenvalue weighted by molar-refractivity contribution is -0.292. The third-order valence-electron chi connectivity index (χ3n) is 8.34. The lowest BCUT2D eigenvalue weighted by atomic mass is 9.97. The predicted molar refractivity (Wildman–Crippen MR) is 179 cm³/mol. The number of carbonyl (C=O) groups excluding carboxylic acids is 4. The van der Waals surface area contributed by atoms with Crippen LogP contribution in [0.5, 0.6) is 0 Å². The minimum absolute atomic E-state index is 0.0713. The maximum Gasteiger partial charge on any atom is 0.303 e. The highest BCUT2D eigenvalue weighted by molar-refractivity contribution is 7.45. The van der Waals surface area contributed by atoms with Crippen molar-refractivity contribution in [1.29, 1.82) is 0 Å². The van der Waals surface area contributed by atoms with Crippen LogP contribution in [0, 0.1) is 0 Å². The van der Waals surface area contributed by atoms with E-state index in [4.69, 9.17) is 46.6 Å². The lowest BCUT2D eigenvalue weighted by Gasteiger charge is -2.46. The van der Waals surface area contributed by atoms with E-state index in [2.05, 4.69) is 20.1 Å². The highest BCUT2D eigenvalue weighted by atomic mass is 31.2. The zero-order valence-electron chi connectivity index (χ0n) is 31.3. The van der Waals surface area contributed by atoms with Crippen LogP contribution in [0.15, 0.2) is 10.2 Å². The van der Waals surface area contributed by atoms with Gasteiger partial charge in [0, 0.05) is 44.1 Å². The predicted octanol–water partition coefficient (Wildman–Crippen LogP) is 3.47. The van der Waals surface area contributed by atoms with Gasteiger partial charge in [0.25, 0.3) is 7.82 Å². The molecule has 0 spiro atoms. The van der Waals surface area contributed by atoms with Crippen molar-refractivity contribution in [3.8, 4) is 0 Å². The van der Waals surface area contributed by atoms with Gasteiger partial charge in [-0.25, -0.2) is 0 Å². The van der Waals surface area contributed by atoms with Crippen molar-refractivity contribution in [1.82, 2.24) is 0 Å². The van der Waals surface area contributed by atoms with E-state index in [1.807, 2.05) is 33.9 Å². The van der Waals surface area contributed by atoms with Gasteiger partial charge in [0.05, 0.1) is 13.2 Å². The van der Waals surface area contributed by atoms with Crippen LogP contribution >= 0.6 is 7.82 Å². The molecule has 0 radical (unpaired) electrons. The molecule has 11 atom stereocenters. The third kappa shape index (κ3) is 13.5. The van der Waals surface area contributed by atoms with Gasteiger partial charge in [0.2, 0.25) is 0 Å². The van der Waals surface area contributed by atoms with Gasteiger partial charge in [-0.15, -0.1) is 0 Å². The third-order valence-corrected chi connectivity index (χ3v) is 13.8. The van der Waals surface area contributed by atoms with Gasteiger partial charge in [-0.1, -0.05) is 37.9 Å². The van der Waals surface area contributed by atoms with Crippen molar-refractivity contribution in [2.75, 3.05) is 19.8 Å². The molecule has 24 heteroatoms. The zero-order chi connectivity index (χ0) is 40.3. The topological polar surface area (TPSA) is 298 Å². The molecule has 0 bridgehead atoms. The number of hydrogen-bond donors (Lipinski definition) is 0. The monoisotopic (exact) mass is 795 g/mol. The average Bonchev–Trinajstić information content (AvgIpc) is 3.02. The van der Waals surface area contributed by atoms with E-state index in [0.29, 0.717) is 6.42 Å². The van der Waals surface area contributed by atoms with E-state index in [0.717, 1.165) is 27.7 Å². The molecule has 2 heterocycles. The molecule has 0 aromatic carbocycles. The van der Waals surface area contributed by atoms with Crippen LogP contribution in [0.3, 0.4) is 0 Å². The van der Waals surface area contributed by atoms with E-state index in [1.54, 1.807) is 6.92 Å². The Morgan fingerprint density at radius 2 is 1.19 bits per heavy atom. The summed E-state index contributed by atoms with van der Waals surface area (Å²) < 4.78 is 69.0. The molecule has 300 valence electrons. The van der Waals surface area contributed by atoms with Gasteiger partial charge < -0.3 is 47.0 Å². The lowest BCUT2D eigenvalue weighted by Crippen LogP contribution is -2.62. The Morgan fingerprint density at radius 3 is 1.60 bits per heavy atom. The van der Waals surface area contributed by atoms with Crippen LogP contribution in [0.4, 0.5) is 0 Å². The van der Waals surface area contributed by atoms with Crippen LogP contribution in [0.25, 0.3) is 20.9 Å². The smallest absolute Gasteiger partial charge is 0.303 e. The molecule has 0 aromatic heterocycles. The molecular weight excluding hydrogens is 747 g/mol. The first-order valence-electron chi connectivity index (χ1n) is 16.5. The highest BCUT2D eigenvalue weighted by Gasteiger charge is 2.53. The van der Waals surface area contributed by atoms with E-state index >= 15 is 0 Å². The standard InChI is InChI=1S/C29H49N6O16PSi/c1-11-12-42-27-21(32-34-30)25(47-17(4)38)23(45-15(2)36)19(49-27)13-43-52(40,41)51-28-22(33-35-31)26(48-18(5)39)24(46-16(3)37)20(50-28)14-44-53(9,10)29(6,7)8/h19-28H,11-14H2,1-10H3,(H,40,41)/p-1/t19?,20?,21?,22?,23-,24-,25-,26-,27+,28-/m1/s1. The number of azide groups is 2. The molecule has 0 saturated carbocycles. The molecule has 2 aliphatic rings. The summed E-state index contributed by atoms with van der Waals surface area (Å²) in [5, 5.41) is 6.86. The number of nitrogens with zero attached hydrogens (tertiary/aromatic N) is 6. The Morgan fingerprint density at radius 1 is 0.774 bits per heavy atom. The minimum atomic E-state index is -5.57. The van der Waals surface area contributed by atoms with Crippen LogP contribution in [-0.4, -0.2) is 113 Å². The number of rotatable bonds is 17. The summed E-state index contributed by atoms with van der Waals surface area (Å²) in [5.41, 5.74) is 18.6. The Balaban J connectivity index is 2.51. The fourth-order valence-electron chi connectivity index (χ4n) is 5.02. The van der Waals surface area contributed by atoms with Crippen molar-refractivity contribution < 1.29 is 75.3 Å². The maximum absolute atomic E-state index is 13.4. The first kappa shape index (κ1) is 45.8. The summed E-state index contributed by atoms with van der Waals surface area (Å²) >= 11 is 0. The summed E-state index contributed by atoms with van der Waals surface area (Å²) in [6.07, 6.45) is -12.0. The second kappa shape index (κ2) is 19.8. The van der Waals surface area contributed by atoms with Gasteiger partial charge >= 0.3 is 23.9 Å². The molecule has 0 N–H and O–H groups in total. The van der Waals surface area contributed by atoms with Crippen LogP contribution in [0.1, 0.15) is 61.8 Å². The molecular formula is C29H48N6O16PSi-. The summed E-state index contributed by atoms with van der Waals surface area (Å²) in [4.78, 5) is 67.5. The van der Waals surface area contributed by atoms with E-state index in [1.165, 1.54) is 0 Å². The van der Waals surface area contributed by atoms with Crippen molar-refractivity contribution in [2.45, 2.75) is 141 Å². The first-order valence-corrected chi connectivity index (χ1v) is 20.9. The Hall–Kier alpha value is -3.33. The first-order chi connectivity index (χ1) is 24.6. The Bertz CT molecular complexity index is 1450. The molecule has 5 unspecified atom stereocenters. The molecule has 0 aliphatic carbocycles. The van der Waals surface area contributed by atoms with Crippen molar-refractivity contribution in [2.24, 2.45) is 10.2 Å². The molecule has 0 aromatic rings. The second-order valence-corrected chi connectivity index (χ2v) is 19.7. The van der Waals surface area contributed by atoms with E-state index in [9.17, 15) is 39.7 Å². The quantitative estimate of drug-likeness (QED) is 0.0387. The number of phosphoric ester groups is 1. The fraction of sp³-hybridized carbons (Fsp3) is 0.862. The molecule has 2 saturated heterocycles. The van der Waals surface area contributed by atoms with Crippen molar-refractivity contribution in [3.63, 3.8) is 0 Å². The molecule has 22 nitrogen and oxygen atoms in total. The summed E-state index contributed by atoms with van der Waals surface area (Å²) in [6, 6.07) is -3.13. The summed E-state index contributed by atoms with van der Waals surface area (Å²) in [7, 11) is -8.08. The number of ether oxygens (including phenoxy) is 7. The number of esters is 4. The molecule has 2 rings (SSSR count). The van der Waals surface area contributed by atoms with E-state index in [-0.39, 0.29) is 18.3 Å². The summed E-state index contributed by atoms with van der Waals surface area (Å²) in [6.45, 7) is 14.5. The summed E-state index contributed by atoms with van der Waals surface area (Å²) in [5.74, 6) is -3.48. The van der Waals surface area contributed by atoms with Gasteiger partial charge in [-0.3, -0.25) is 28.3 Å². The van der Waals surface area contributed by atoms with Crippen molar-refractivity contribution >= 4 is 40.0 Å². The van der Waals surface area contributed by atoms with Gasteiger partial charge in [-0.2, -0.15) is 0 Å². The van der Waals surface area contributed by atoms with E-state index < -0.39 is 108 Å². The normalized spacial score (nSPS) is 30.0. The molecule has 53 heavy (non-hydrogen) atoms. The molecule has 0 amide bonds. The maximum atomic E-state index is 13.4. The van der Waals surface area contributed by atoms with Crippen molar-refractivity contribution in [3.05, 3.63) is 20.9 Å². The highest BCUT2D eigenvalue weighted by Crippen LogP contribution is 2.45. The van der Waals surface area contributed by atoms with Gasteiger partial charge in [0.1, 0.15) is 24.3 Å². The van der Waals surface area contributed by atoms with Gasteiger partial charge in [-0.05, 0) is 35.6 Å². The minimum Gasteiger partial charge on any atom is -0.756 e. The Labute approximate surface area is 307 Å². The zero-order valence-corrected chi connectivity index (χ0v) is 33.2. The number of carbonyl (C=O) groups is 4. The van der Waals surface area contributed by atoms with Crippen LogP contribution in [0.2, 0.25) is 18.1 Å². The number of hydrogen-bond acceptors (Lipinski definition) is 18. The fourth-order valence-corrected chi connectivity index (χ4v) is 6.86. The molecule has 2 aliphatic heterocycles. The number of phosphoric acid groups is 1. The van der Waals surface area contributed by atoms with Crippen LogP contribution < -0.4 is 4.89 Å².